The lowest BCUT2D eigenvalue weighted by Gasteiger charge is -2.32. The largest absolute Gasteiger partial charge is 0.506 e. The first-order valence-electron chi connectivity index (χ1n) is 13.6. The van der Waals surface area contributed by atoms with Crippen molar-refractivity contribution in [3.63, 3.8) is 0 Å². The fourth-order valence-corrected chi connectivity index (χ4v) is 6.47. The van der Waals surface area contributed by atoms with Crippen LogP contribution in [0.25, 0.3) is 10.9 Å². The number of rotatable bonds is 10. The molecular formula is C28H32BrF2N3O7S. The zero-order chi connectivity index (χ0) is 30.3. The van der Waals surface area contributed by atoms with Crippen molar-refractivity contribution >= 4 is 43.2 Å². The minimum absolute atomic E-state index is 0.0116. The van der Waals surface area contributed by atoms with Crippen LogP contribution in [0.2, 0.25) is 0 Å². The summed E-state index contributed by atoms with van der Waals surface area (Å²) in [6.45, 7) is 5.01. The van der Waals surface area contributed by atoms with E-state index in [4.69, 9.17) is 8.92 Å². The van der Waals surface area contributed by atoms with Crippen LogP contribution in [0, 0.1) is 11.6 Å². The Kier molecular flexibility index (Phi) is 8.93. The van der Waals surface area contributed by atoms with Gasteiger partial charge < -0.3 is 19.3 Å². The molecule has 3 aromatic rings. The van der Waals surface area contributed by atoms with Crippen LogP contribution < -0.4 is 0 Å². The van der Waals surface area contributed by atoms with Gasteiger partial charge in [0.05, 0.1) is 27.9 Å². The van der Waals surface area contributed by atoms with Crippen LogP contribution in [0.1, 0.15) is 59.1 Å². The third kappa shape index (κ3) is 6.48. The summed E-state index contributed by atoms with van der Waals surface area (Å²) in [5, 5.41) is 11.7. The van der Waals surface area contributed by atoms with Crippen molar-refractivity contribution in [1.82, 2.24) is 14.4 Å². The van der Waals surface area contributed by atoms with Gasteiger partial charge in [-0.2, -0.15) is 8.42 Å². The summed E-state index contributed by atoms with van der Waals surface area (Å²) >= 11 is 3.45. The van der Waals surface area contributed by atoms with E-state index < -0.39 is 34.1 Å². The predicted octanol–water partition coefficient (Wildman–Crippen LogP) is 4.75. The Morgan fingerprint density at radius 2 is 1.83 bits per heavy atom. The molecule has 0 spiro atoms. The number of benzene rings is 2. The molecule has 1 saturated heterocycles. The molecule has 2 N–H and O–H groups in total. The Hall–Kier alpha value is -2.62. The van der Waals surface area contributed by atoms with E-state index in [2.05, 4.69) is 25.7 Å². The van der Waals surface area contributed by atoms with Crippen LogP contribution >= 0.6 is 15.9 Å². The van der Waals surface area contributed by atoms with E-state index in [1.165, 1.54) is 6.07 Å². The van der Waals surface area contributed by atoms with Gasteiger partial charge in [0.2, 0.25) is 0 Å². The zero-order valence-corrected chi connectivity index (χ0v) is 25.6. The second-order valence-electron chi connectivity index (χ2n) is 10.7. The molecule has 1 unspecified atom stereocenters. The number of ether oxygens (including phenoxy) is 1. The average Bonchev–Trinajstić information content (AvgIpc) is 3.70. The number of esters is 1. The number of aromatic hydroxyl groups is 1. The molecule has 5 rings (SSSR count). The van der Waals surface area contributed by atoms with Crippen LogP contribution in [0.4, 0.5) is 8.78 Å². The van der Waals surface area contributed by atoms with Gasteiger partial charge in [-0.15, -0.1) is 0 Å². The van der Waals surface area contributed by atoms with Crippen molar-refractivity contribution < 1.29 is 40.6 Å². The monoisotopic (exact) mass is 671 g/mol. The molecule has 2 aromatic carbocycles. The number of hydrogen-bond donors (Lipinski definition) is 2. The number of carbonyl (C=O) groups is 1. The second kappa shape index (κ2) is 12.2. The highest BCUT2D eigenvalue weighted by molar-refractivity contribution is 9.10. The summed E-state index contributed by atoms with van der Waals surface area (Å²) in [5.41, 5.74) is 1.25. The van der Waals surface area contributed by atoms with Crippen LogP contribution in [-0.2, 0) is 32.3 Å². The van der Waals surface area contributed by atoms with E-state index in [0.717, 1.165) is 51.2 Å². The lowest BCUT2D eigenvalue weighted by molar-refractivity contribution is 0.0520. The summed E-state index contributed by atoms with van der Waals surface area (Å²) in [7, 11) is -3.06. The molecule has 14 heteroatoms. The first kappa shape index (κ1) is 30.8. The van der Waals surface area contributed by atoms with Crippen molar-refractivity contribution in [3.8, 4) is 5.75 Å². The van der Waals surface area contributed by atoms with Gasteiger partial charge in [-0.05, 0) is 66.5 Å². The summed E-state index contributed by atoms with van der Waals surface area (Å²) < 4.78 is 74.7. The van der Waals surface area contributed by atoms with Gasteiger partial charge in [0.25, 0.3) is 0 Å². The van der Waals surface area contributed by atoms with Crippen molar-refractivity contribution in [2.45, 2.75) is 44.9 Å². The fourth-order valence-electron chi connectivity index (χ4n) is 5.56. The Labute approximate surface area is 250 Å². The predicted molar refractivity (Wildman–Crippen MR) is 154 cm³/mol. The van der Waals surface area contributed by atoms with Crippen molar-refractivity contribution in [3.05, 3.63) is 62.8 Å². The fraction of sp³-hybridized carbons (Fsp3) is 0.464. The summed E-state index contributed by atoms with van der Waals surface area (Å²) in [5.74, 6) is -3.07. The van der Waals surface area contributed by atoms with E-state index in [1.807, 2.05) is 7.05 Å². The first-order valence-corrected chi connectivity index (χ1v) is 15.8. The molecule has 0 bridgehead atoms. The lowest BCUT2D eigenvalue weighted by Crippen LogP contribution is -2.43. The Morgan fingerprint density at radius 1 is 1.14 bits per heavy atom. The number of carbonyl (C=O) groups excluding carboxylic acids is 1. The maximum Gasteiger partial charge on any atom is 0.398 e. The van der Waals surface area contributed by atoms with E-state index >= 15 is 0 Å². The van der Waals surface area contributed by atoms with Crippen LogP contribution in [0.3, 0.4) is 0 Å². The molecule has 2 aliphatic rings. The molecule has 10 nitrogen and oxygen atoms in total. The van der Waals surface area contributed by atoms with Crippen molar-refractivity contribution in [2.75, 3.05) is 39.8 Å². The molecule has 228 valence electrons. The number of nitrogens with zero attached hydrogens (tertiary/aromatic N) is 3. The molecule has 1 aliphatic carbocycles. The van der Waals surface area contributed by atoms with E-state index in [0.29, 0.717) is 27.5 Å². The van der Waals surface area contributed by atoms with Gasteiger partial charge >= 0.3 is 16.4 Å². The number of piperazine rings is 1. The molecule has 1 aromatic heterocycles. The summed E-state index contributed by atoms with van der Waals surface area (Å²) in [6, 6.07) is 4.60. The highest BCUT2D eigenvalue weighted by Gasteiger charge is 2.39. The van der Waals surface area contributed by atoms with Crippen LogP contribution in [0.15, 0.2) is 28.7 Å². The lowest BCUT2D eigenvalue weighted by atomic mass is 9.98. The van der Waals surface area contributed by atoms with Crippen molar-refractivity contribution in [1.29, 1.82) is 0 Å². The highest BCUT2D eigenvalue weighted by atomic mass is 79.9. The Bertz CT molecular complexity index is 1620. The molecule has 1 atom stereocenters. The molecule has 0 radical (unpaired) electrons. The number of fused-ring (bicyclic) bond motifs is 1. The smallest absolute Gasteiger partial charge is 0.398 e. The van der Waals surface area contributed by atoms with Crippen LogP contribution in [0.5, 0.6) is 5.75 Å². The van der Waals surface area contributed by atoms with E-state index in [9.17, 15) is 31.7 Å². The van der Waals surface area contributed by atoms with Gasteiger partial charge in [-0.25, -0.2) is 17.8 Å². The zero-order valence-electron chi connectivity index (χ0n) is 23.1. The average molecular weight is 673 g/mol. The molecular weight excluding hydrogens is 640 g/mol. The SMILES string of the molecule is CCOC(=O)c1c(C(Cc2ccc(F)c(F)c2)OS(=O)(=O)O)n(C2CC2)c2cc(Br)c(O)c(CN3CCN(C)CC3)c12. The van der Waals surface area contributed by atoms with Gasteiger partial charge in [-0.3, -0.25) is 9.45 Å². The maximum atomic E-state index is 14.1. The number of hydrogen-bond acceptors (Lipinski definition) is 8. The summed E-state index contributed by atoms with van der Waals surface area (Å²) in [4.78, 5) is 18.1. The number of likely N-dealkylation sites (N-methyl/N-ethyl adjacent to an activating group) is 1. The number of phenols is 1. The van der Waals surface area contributed by atoms with Gasteiger partial charge in [-0.1, -0.05) is 6.07 Å². The molecule has 1 saturated carbocycles. The quantitative estimate of drug-likeness (QED) is 0.232. The topological polar surface area (TPSA) is 122 Å². The van der Waals surface area contributed by atoms with Gasteiger partial charge in [0, 0.05) is 56.1 Å². The Morgan fingerprint density at radius 3 is 2.43 bits per heavy atom. The third-order valence-corrected chi connectivity index (χ3v) is 8.76. The van der Waals surface area contributed by atoms with Gasteiger partial charge in [0.15, 0.2) is 11.6 Å². The summed E-state index contributed by atoms with van der Waals surface area (Å²) in [6.07, 6.45) is -0.410. The second-order valence-corrected chi connectivity index (χ2v) is 12.6. The minimum Gasteiger partial charge on any atom is -0.506 e. The minimum atomic E-state index is -5.08. The number of aromatic nitrogens is 1. The van der Waals surface area contributed by atoms with Crippen molar-refractivity contribution in [2.24, 2.45) is 0 Å². The standard InChI is InChI=1S/C28H32BrF2N3O7S/c1-3-40-28(36)25-24-18(15-33-10-8-32(2)9-11-33)27(35)19(29)14-22(24)34(17-5-6-17)26(25)23(41-42(37,38)39)13-16-4-7-20(30)21(31)12-16/h4,7,12,14,17,23,35H,3,5-6,8-11,13,15H2,1-2H3,(H,37,38,39). The molecule has 1 aliphatic heterocycles. The van der Waals surface area contributed by atoms with Gasteiger partial charge in [0.1, 0.15) is 11.9 Å². The molecule has 2 heterocycles. The van der Waals surface area contributed by atoms with Crippen LogP contribution in [-0.4, -0.2) is 78.2 Å². The first-order chi connectivity index (χ1) is 19.9. The molecule has 2 fully saturated rings. The molecule has 42 heavy (non-hydrogen) atoms. The normalized spacial score (nSPS) is 17.6. The number of halogens is 3. The third-order valence-electron chi connectivity index (χ3n) is 7.68. The maximum absolute atomic E-state index is 14.1. The highest BCUT2D eigenvalue weighted by Crippen LogP contribution is 2.48. The number of phenolic OH excluding ortho intramolecular Hbond substituents is 1. The Balaban J connectivity index is 1.77. The van der Waals surface area contributed by atoms with E-state index in [-0.39, 0.29) is 41.6 Å². The molecule has 0 amide bonds. The van der Waals surface area contributed by atoms with E-state index in [1.54, 1.807) is 17.6 Å².